The summed E-state index contributed by atoms with van der Waals surface area (Å²) in [6, 6.07) is 0. The zero-order chi connectivity index (χ0) is 30.5. The highest BCUT2D eigenvalue weighted by Gasteiger charge is 2.45. The SMILES string of the molecule is C.C#CC1(O)CN2CCC1CC2.C#C[Si](C)(C)C.C[Si](C)(C)C#CC1(O)CN2CCC1CC2.O=C1CN2CCC1CC2. The molecule has 9 heterocycles. The highest BCUT2D eigenvalue weighted by molar-refractivity contribution is 6.84. The number of carbonyl (C=O) groups is 1. The summed E-state index contributed by atoms with van der Waals surface area (Å²) < 4.78 is 0. The smallest absolute Gasteiger partial charge is 0.149 e. The van der Waals surface area contributed by atoms with Crippen molar-refractivity contribution in [3.05, 3.63) is 0 Å². The first-order chi connectivity index (χ1) is 19.1. The molecule has 9 aliphatic rings. The number of ketones is 1. The molecule has 0 aromatic heterocycles. The van der Waals surface area contributed by atoms with Crippen LogP contribution in [-0.2, 0) is 4.79 Å². The largest absolute Gasteiger partial charge is 0.376 e. The van der Waals surface area contributed by atoms with E-state index in [-0.39, 0.29) is 7.43 Å². The summed E-state index contributed by atoms with van der Waals surface area (Å²) in [5.41, 5.74) is 4.57. The van der Waals surface area contributed by atoms with Gasteiger partial charge in [-0.05, 0) is 77.8 Å². The molecule has 9 fully saturated rings. The van der Waals surface area contributed by atoms with Gasteiger partial charge in [0.15, 0.2) is 0 Å². The van der Waals surface area contributed by atoms with Crippen LogP contribution in [0.15, 0.2) is 0 Å². The first kappa shape index (κ1) is 36.8. The summed E-state index contributed by atoms with van der Waals surface area (Å²) in [7, 11) is -2.46. The van der Waals surface area contributed by atoms with Crippen molar-refractivity contribution in [2.75, 3.05) is 58.9 Å². The normalized spacial score (nSPS) is 37.3. The molecule has 0 aromatic rings. The van der Waals surface area contributed by atoms with E-state index in [0.29, 0.717) is 30.1 Å². The maximum absolute atomic E-state index is 11.0. The predicted octanol–water partition coefficient (Wildman–Crippen LogP) is 3.81. The molecule has 2 atom stereocenters. The van der Waals surface area contributed by atoms with Gasteiger partial charge in [-0.3, -0.25) is 19.5 Å². The van der Waals surface area contributed by atoms with E-state index in [4.69, 9.17) is 12.8 Å². The zero-order valence-corrected chi connectivity index (χ0v) is 28.6. The number of terminal acetylenes is 2. The Kier molecular flexibility index (Phi) is 13.2. The molecule has 0 aliphatic carbocycles. The van der Waals surface area contributed by atoms with Gasteiger partial charge in [-0.1, -0.05) is 58.5 Å². The van der Waals surface area contributed by atoms with Gasteiger partial charge in [-0.2, -0.15) is 0 Å². The Hall–Kier alpha value is -1.42. The summed E-state index contributed by atoms with van der Waals surface area (Å²) in [5.74, 6) is 7.42. The van der Waals surface area contributed by atoms with Crippen LogP contribution in [0, 0.1) is 53.5 Å². The number of hydrogen-bond donors (Lipinski definition) is 2. The van der Waals surface area contributed by atoms with Gasteiger partial charge in [0.25, 0.3) is 0 Å². The maximum Gasteiger partial charge on any atom is 0.149 e. The van der Waals surface area contributed by atoms with E-state index in [1.165, 1.54) is 0 Å². The van der Waals surface area contributed by atoms with Crippen LogP contribution in [0.3, 0.4) is 0 Å². The minimum Gasteiger partial charge on any atom is -0.376 e. The Morgan fingerprint density at radius 2 is 1.12 bits per heavy atom. The standard InChI is InChI=1S/C12H21NOSi.C9H13NO.C7H11NO.C5H10Si.CH4/c1-15(2,3)9-6-12(14)10-13-7-4-11(12)5-8-13;1-2-9(11)7-10-5-3-8(9)4-6-10;9-7-5-8-3-1-6(7)2-4-8;1-5-6(2,3)4;/h11,14H,4-5,7-8,10H2,1-3H3;1,8,11H,3-7H2;6H,1-5H2;1H,2-4H3;1H4. The van der Waals surface area contributed by atoms with Crippen molar-refractivity contribution in [3.63, 3.8) is 0 Å². The average Bonchev–Trinajstić information content (AvgIpc) is 2.94. The van der Waals surface area contributed by atoms with Crippen molar-refractivity contribution in [2.24, 2.45) is 17.8 Å². The number of fused-ring (bicyclic) bond motifs is 9. The van der Waals surface area contributed by atoms with Gasteiger partial charge in [-0.25, -0.2) is 0 Å². The predicted molar refractivity (Wildman–Crippen MR) is 181 cm³/mol. The van der Waals surface area contributed by atoms with Crippen LogP contribution < -0.4 is 0 Å². The van der Waals surface area contributed by atoms with Gasteiger partial charge in [0, 0.05) is 30.8 Å². The summed E-state index contributed by atoms with van der Waals surface area (Å²) in [5, 5.41) is 20.4. The van der Waals surface area contributed by atoms with Crippen molar-refractivity contribution >= 4 is 21.9 Å². The molecule has 2 unspecified atom stereocenters. The molecule has 9 saturated heterocycles. The van der Waals surface area contributed by atoms with Gasteiger partial charge < -0.3 is 10.2 Å². The number of nitrogens with zero attached hydrogens (tertiary/aromatic N) is 3. The number of carbonyl (C=O) groups excluding carboxylic acids is 1. The molecule has 8 heteroatoms. The van der Waals surface area contributed by atoms with E-state index in [9.17, 15) is 15.0 Å². The second-order valence-electron chi connectivity index (χ2n) is 15.0. The fourth-order valence-electron chi connectivity index (χ4n) is 6.44. The number of piperidine rings is 9. The number of hydrogen-bond acceptors (Lipinski definition) is 6. The van der Waals surface area contributed by atoms with Crippen molar-refractivity contribution < 1.29 is 15.0 Å². The van der Waals surface area contributed by atoms with Crippen molar-refractivity contribution in [1.29, 1.82) is 0 Å². The highest BCUT2D eigenvalue weighted by Crippen LogP contribution is 2.36. The van der Waals surface area contributed by atoms with Crippen LogP contribution in [0.5, 0.6) is 0 Å². The molecule has 6 nitrogen and oxygen atoms in total. The topological polar surface area (TPSA) is 67.2 Å². The third kappa shape index (κ3) is 10.6. The van der Waals surface area contributed by atoms with Crippen LogP contribution in [0.4, 0.5) is 0 Å². The summed E-state index contributed by atoms with van der Waals surface area (Å²) >= 11 is 0. The van der Waals surface area contributed by atoms with Crippen molar-refractivity contribution in [1.82, 2.24) is 14.7 Å². The van der Waals surface area contributed by atoms with Gasteiger partial charge in [0.05, 0.1) is 6.54 Å². The van der Waals surface area contributed by atoms with Crippen molar-refractivity contribution in [2.45, 2.75) is 96.4 Å². The third-order valence-electron chi connectivity index (χ3n) is 9.21. The second kappa shape index (κ2) is 15.0. The lowest BCUT2D eigenvalue weighted by molar-refractivity contribution is -0.130. The monoisotopic (exact) mass is 613 g/mol. The van der Waals surface area contributed by atoms with Crippen LogP contribution in [0.1, 0.15) is 46.0 Å². The van der Waals surface area contributed by atoms with E-state index in [0.717, 1.165) is 90.9 Å². The fraction of sp³-hybridized carbons (Fsp3) is 0.794. The maximum atomic E-state index is 11.0. The van der Waals surface area contributed by atoms with Gasteiger partial charge >= 0.3 is 0 Å². The molecule has 0 aromatic carbocycles. The molecule has 6 bridgehead atoms. The van der Waals surface area contributed by atoms with E-state index in [1.54, 1.807) is 0 Å². The number of Topliss-reactive ketones (excluding diaryl/α,β-unsaturated/α-hetero) is 1. The molecule has 0 saturated carbocycles. The molecule has 2 N–H and O–H groups in total. The Bertz CT molecular complexity index is 1040. The third-order valence-corrected chi connectivity index (χ3v) is 11.0. The van der Waals surface area contributed by atoms with E-state index >= 15 is 0 Å². The molecule has 9 aliphatic heterocycles. The molecule has 236 valence electrons. The van der Waals surface area contributed by atoms with Crippen LogP contribution in [0.2, 0.25) is 39.3 Å². The van der Waals surface area contributed by atoms with Crippen LogP contribution in [-0.4, -0.2) is 117 Å². The van der Waals surface area contributed by atoms with E-state index in [2.05, 4.69) is 76.9 Å². The first-order valence-corrected chi connectivity index (χ1v) is 22.7. The molecule has 0 radical (unpaired) electrons. The minimum atomic E-state index is -1.36. The van der Waals surface area contributed by atoms with E-state index < -0.39 is 27.3 Å². The molecule has 42 heavy (non-hydrogen) atoms. The Balaban J connectivity index is 0.000000204. The summed E-state index contributed by atoms with van der Waals surface area (Å²) in [6.07, 6.45) is 17.0. The number of aliphatic hydroxyl groups is 2. The fourth-order valence-corrected chi connectivity index (χ4v) is 7.03. The minimum absolute atomic E-state index is 0. The molecular formula is C34H59N3O3Si2. The zero-order valence-electron chi connectivity index (χ0n) is 26.6. The molecular weight excluding hydrogens is 555 g/mol. The summed E-state index contributed by atoms with van der Waals surface area (Å²) in [6.45, 7) is 22.2. The van der Waals surface area contributed by atoms with Crippen LogP contribution >= 0.6 is 0 Å². The Labute approximate surface area is 260 Å². The molecule has 0 amide bonds. The lowest BCUT2D eigenvalue weighted by Gasteiger charge is -2.48. The Morgan fingerprint density at radius 1 is 0.714 bits per heavy atom. The summed E-state index contributed by atoms with van der Waals surface area (Å²) in [4.78, 5) is 17.9. The second-order valence-corrected chi connectivity index (χ2v) is 24.5. The first-order valence-electron chi connectivity index (χ1n) is 15.7. The molecule has 9 rings (SSSR count). The van der Waals surface area contributed by atoms with Gasteiger partial charge in [0.2, 0.25) is 0 Å². The van der Waals surface area contributed by atoms with Gasteiger partial charge in [-0.15, -0.1) is 23.9 Å². The van der Waals surface area contributed by atoms with Gasteiger partial charge in [0.1, 0.15) is 33.1 Å². The average molecular weight is 614 g/mol. The lowest BCUT2D eigenvalue weighted by atomic mass is 9.76. The Morgan fingerprint density at radius 3 is 1.33 bits per heavy atom. The van der Waals surface area contributed by atoms with Crippen LogP contribution in [0.25, 0.3) is 0 Å². The molecule has 0 spiro atoms. The van der Waals surface area contributed by atoms with E-state index in [1.807, 2.05) is 0 Å². The quantitative estimate of drug-likeness (QED) is 0.320. The van der Waals surface area contributed by atoms with Crippen molar-refractivity contribution in [3.8, 4) is 35.8 Å². The highest BCUT2D eigenvalue weighted by atomic mass is 28.3. The number of rotatable bonds is 0. The lowest BCUT2D eigenvalue weighted by Crippen LogP contribution is -2.58.